The summed E-state index contributed by atoms with van der Waals surface area (Å²) >= 11 is 6.39. The summed E-state index contributed by atoms with van der Waals surface area (Å²) in [5.41, 5.74) is 1.16. The number of carbonyl (C=O) groups is 2. The van der Waals surface area contributed by atoms with Crippen molar-refractivity contribution in [3.8, 4) is 5.75 Å². The summed E-state index contributed by atoms with van der Waals surface area (Å²) in [7, 11) is -3.64. The molecule has 38 heavy (non-hydrogen) atoms. The lowest BCUT2D eigenvalue weighted by Gasteiger charge is -2.32. The number of hydrogen-bond acceptors (Lipinski definition) is 5. The fourth-order valence-corrected chi connectivity index (χ4v) is 5.26. The first-order valence-electron chi connectivity index (χ1n) is 13.1. The van der Waals surface area contributed by atoms with E-state index in [4.69, 9.17) is 16.3 Å². The molecule has 2 aromatic carbocycles. The van der Waals surface area contributed by atoms with Crippen LogP contribution >= 0.6 is 11.6 Å². The molecule has 2 rings (SSSR count). The standard InChI is InChI=1S/C28H40ClN3O5S/c1-6-21(4)30-28(34)24(7-2)31(20-22-14-9-10-15-23(22)29)27(33)18-13-19-32(38(5,35)36)25-16-11-12-17-26(25)37-8-3/h9-12,14-17,21,24H,6-8,13,18-20H2,1-5H3,(H,30,34)/t21-,24+/m0/s1. The maximum atomic E-state index is 13.6. The third kappa shape index (κ3) is 8.91. The predicted octanol–water partition coefficient (Wildman–Crippen LogP) is 5.01. The Bertz CT molecular complexity index is 1170. The first-order chi connectivity index (χ1) is 18.0. The van der Waals surface area contributed by atoms with Crippen LogP contribution in [0.25, 0.3) is 0 Å². The molecule has 0 radical (unpaired) electrons. The zero-order chi connectivity index (χ0) is 28.3. The van der Waals surface area contributed by atoms with E-state index >= 15 is 0 Å². The van der Waals surface area contributed by atoms with Crippen molar-refractivity contribution in [3.63, 3.8) is 0 Å². The van der Waals surface area contributed by atoms with Crippen LogP contribution in [0.15, 0.2) is 48.5 Å². The van der Waals surface area contributed by atoms with Crippen LogP contribution in [0.5, 0.6) is 5.75 Å². The lowest BCUT2D eigenvalue weighted by Crippen LogP contribution is -2.50. The second-order valence-corrected chi connectivity index (χ2v) is 11.5. The van der Waals surface area contributed by atoms with Crippen LogP contribution in [-0.2, 0) is 26.2 Å². The Hall–Kier alpha value is -2.78. The van der Waals surface area contributed by atoms with E-state index in [0.29, 0.717) is 29.5 Å². The predicted molar refractivity (Wildman–Crippen MR) is 153 cm³/mol. The molecule has 0 aromatic heterocycles. The van der Waals surface area contributed by atoms with Crippen LogP contribution in [0.3, 0.4) is 0 Å². The molecule has 210 valence electrons. The maximum absolute atomic E-state index is 13.6. The zero-order valence-corrected chi connectivity index (χ0v) is 24.5. The molecule has 0 aliphatic heterocycles. The lowest BCUT2D eigenvalue weighted by molar-refractivity contribution is -0.141. The monoisotopic (exact) mass is 565 g/mol. The van der Waals surface area contributed by atoms with Crippen molar-refractivity contribution in [3.05, 3.63) is 59.1 Å². The van der Waals surface area contributed by atoms with E-state index in [1.54, 1.807) is 35.2 Å². The summed E-state index contributed by atoms with van der Waals surface area (Å²) in [5, 5.41) is 3.50. The molecule has 0 unspecified atom stereocenters. The number of anilines is 1. The number of halogens is 1. The number of benzene rings is 2. The summed E-state index contributed by atoms with van der Waals surface area (Å²) in [6.07, 6.45) is 2.64. The van der Waals surface area contributed by atoms with E-state index in [-0.39, 0.29) is 43.8 Å². The molecule has 8 nitrogen and oxygen atoms in total. The molecule has 0 spiro atoms. The molecule has 2 aromatic rings. The largest absolute Gasteiger partial charge is 0.492 e. The highest BCUT2D eigenvalue weighted by Crippen LogP contribution is 2.30. The second-order valence-electron chi connectivity index (χ2n) is 9.19. The molecular weight excluding hydrogens is 526 g/mol. The van der Waals surface area contributed by atoms with Gasteiger partial charge in [-0.05, 0) is 56.9 Å². The van der Waals surface area contributed by atoms with Gasteiger partial charge < -0.3 is 15.0 Å². The van der Waals surface area contributed by atoms with Gasteiger partial charge in [-0.15, -0.1) is 0 Å². The van der Waals surface area contributed by atoms with E-state index in [1.807, 2.05) is 45.9 Å². The normalized spacial score (nSPS) is 12.9. The highest BCUT2D eigenvalue weighted by molar-refractivity contribution is 7.92. The number of hydrogen-bond donors (Lipinski definition) is 1. The van der Waals surface area contributed by atoms with E-state index in [0.717, 1.165) is 18.2 Å². The molecule has 0 fully saturated rings. The fraction of sp³-hybridized carbons (Fsp3) is 0.500. The van der Waals surface area contributed by atoms with Crippen LogP contribution in [0.1, 0.15) is 58.9 Å². The Morgan fingerprint density at radius 3 is 2.29 bits per heavy atom. The molecule has 0 saturated carbocycles. The van der Waals surface area contributed by atoms with Gasteiger partial charge in [-0.2, -0.15) is 0 Å². The second kappa shape index (κ2) is 15.0. The van der Waals surface area contributed by atoms with Gasteiger partial charge in [0.1, 0.15) is 11.8 Å². The van der Waals surface area contributed by atoms with Crippen LogP contribution in [0.4, 0.5) is 5.69 Å². The van der Waals surface area contributed by atoms with Crippen LogP contribution < -0.4 is 14.4 Å². The van der Waals surface area contributed by atoms with Gasteiger partial charge in [0.25, 0.3) is 0 Å². The number of sulfonamides is 1. The average Bonchev–Trinajstić information content (AvgIpc) is 2.87. The Labute approximate surface area is 232 Å². The van der Waals surface area contributed by atoms with Gasteiger partial charge in [-0.25, -0.2) is 8.42 Å². The van der Waals surface area contributed by atoms with E-state index < -0.39 is 16.1 Å². The van der Waals surface area contributed by atoms with Crippen molar-refractivity contribution < 1.29 is 22.7 Å². The fourth-order valence-electron chi connectivity index (χ4n) is 4.09. The van der Waals surface area contributed by atoms with Gasteiger partial charge in [0.05, 0.1) is 18.6 Å². The third-order valence-corrected chi connectivity index (χ3v) is 7.82. The van der Waals surface area contributed by atoms with Gasteiger partial charge in [0.2, 0.25) is 21.8 Å². The van der Waals surface area contributed by atoms with Crippen molar-refractivity contribution in [1.82, 2.24) is 10.2 Å². The SMILES string of the molecule is CCOc1ccccc1N(CCCC(=O)N(Cc1ccccc1Cl)[C@H](CC)C(=O)N[C@@H](C)CC)S(C)(=O)=O. The first kappa shape index (κ1) is 31.4. The Balaban J connectivity index is 2.27. The minimum absolute atomic E-state index is 0.0254. The minimum Gasteiger partial charge on any atom is -0.492 e. The molecule has 0 heterocycles. The Morgan fingerprint density at radius 2 is 1.68 bits per heavy atom. The van der Waals surface area contributed by atoms with Crippen LogP contribution in [0, 0.1) is 0 Å². The Morgan fingerprint density at radius 1 is 1.03 bits per heavy atom. The van der Waals surface area contributed by atoms with Crippen molar-refractivity contribution in [2.45, 2.75) is 72.0 Å². The molecular formula is C28H40ClN3O5S. The quantitative estimate of drug-likeness (QED) is 0.327. The number of rotatable bonds is 15. The van der Waals surface area contributed by atoms with Crippen LogP contribution in [0.2, 0.25) is 5.02 Å². The van der Waals surface area contributed by atoms with E-state index in [1.165, 1.54) is 4.31 Å². The number of amides is 2. The summed E-state index contributed by atoms with van der Waals surface area (Å²) in [4.78, 5) is 28.2. The summed E-state index contributed by atoms with van der Waals surface area (Å²) < 4.78 is 32.2. The molecule has 2 amide bonds. The van der Waals surface area contributed by atoms with Gasteiger partial charge >= 0.3 is 0 Å². The molecule has 1 N–H and O–H groups in total. The number of carbonyl (C=O) groups excluding carboxylic acids is 2. The van der Waals surface area contributed by atoms with Crippen molar-refractivity contribution >= 4 is 39.1 Å². The average molecular weight is 566 g/mol. The van der Waals surface area contributed by atoms with Crippen molar-refractivity contribution in [1.29, 1.82) is 0 Å². The smallest absolute Gasteiger partial charge is 0.243 e. The first-order valence-corrected chi connectivity index (χ1v) is 15.3. The van der Waals surface area contributed by atoms with Crippen LogP contribution in [-0.4, -0.2) is 56.6 Å². The van der Waals surface area contributed by atoms with Crippen molar-refractivity contribution in [2.24, 2.45) is 0 Å². The molecule has 10 heteroatoms. The highest BCUT2D eigenvalue weighted by Gasteiger charge is 2.30. The number of nitrogens with one attached hydrogen (secondary N) is 1. The van der Waals surface area contributed by atoms with Gasteiger partial charge in [0, 0.05) is 30.6 Å². The zero-order valence-electron chi connectivity index (χ0n) is 22.9. The van der Waals surface area contributed by atoms with E-state index in [2.05, 4.69) is 5.32 Å². The molecule has 0 aliphatic rings. The summed E-state index contributed by atoms with van der Waals surface area (Å²) in [5.74, 6) is -0.00636. The summed E-state index contributed by atoms with van der Waals surface area (Å²) in [6, 6.07) is 13.4. The molecule has 0 aliphatic carbocycles. The molecule has 0 saturated heterocycles. The van der Waals surface area contributed by atoms with E-state index in [9.17, 15) is 18.0 Å². The third-order valence-electron chi connectivity index (χ3n) is 6.27. The number of ether oxygens (including phenoxy) is 1. The highest BCUT2D eigenvalue weighted by atomic mass is 35.5. The Kier molecular flexibility index (Phi) is 12.4. The number of para-hydroxylation sites is 2. The van der Waals surface area contributed by atoms with Gasteiger partial charge in [-0.3, -0.25) is 13.9 Å². The van der Waals surface area contributed by atoms with Gasteiger partial charge in [0.15, 0.2) is 0 Å². The minimum atomic E-state index is -3.64. The van der Waals surface area contributed by atoms with Gasteiger partial charge in [-0.1, -0.05) is 55.8 Å². The van der Waals surface area contributed by atoms with Crippen molar-refractivity contribution in [2.75, 3.05) is 23.7 Å². The molecule has 2 atom stereocenters. The maximum Gasteiger partial charge on any atom is 0.243 e. The number of nitrogens with zero attached hydrogens (tertiary/aromatic N) is 2. The summed E-state index contributed by atoms with van der Waals surface area (Å²) in [6.45, 7) is 8.25. The topological polar surface area (TPSA) is 96.0 Å². The lowest BCUT2D eigenvalue weighted by atomic mass is 10.1. The molecule has 0 bridgehead atoms.